The van der Waals surface area contributed by atoms with Crippen LogP contribution < -0.4 is 19.7 Å². The number of aryl methyl sites for hydroxylation is 2. The van der Waals surface area contributed by atoms with E-state index >= 15 is 0 Å². The zero-order valence-corrected chi connectivity index (χ0v) is 14.5. The van der Waals surface area contributed by atoms with Crippen LogP contribution in [0.5, 0.6) is 11.5 Å². The molecule has 0 radical (unpaired) electrons. The molecule has 1 N–H and O–H groups in total. The molecule has 2 aromatic rings. The summed E-state index contributed by atoms with van der Waals surface area (Å²) in [4.78, 5) is 9.95. The van der Waals surface area contributed by atoms with E-state index in [1.807, 2.05) is 50.2 Å². The van der Waals surface area contributed by atoms with Crippen LogP contribution in [0.3, 0.4) is 0 Å². The maximum atomic E-state index is 9.95. The minimum Gasteiger partial charge on any atom is -0.418 e. The standard InChI is InChI=1S/C14H17O3P3/c1-9-7-11(18)3-5-13(9)16-20(15)17-14-6-4-12(19)8-10(14)2/h3-8,15H,18-19H2,1-2H3. The van der Waals surface area contributed by atoms with Crippen molar-refractivity contribution in [1.82, 2.24) is 0 Å². The summed E-state index contributed by atoms with van der Waals surface area (Å²) in [5, 5.41) is 2.15. The van der Waals surface area contributed by atoms with E-state index in [0.29, 0.717) is 11.5 Å². The minimum atomic E-state index is -2.00. The maximum absolute atomic E-state index is 9.95. The second-order valence-electron chi connectivity index (χ2n) is 4.47. The van der Waals surface area contributed by atoms with Gasteiger partial charge in [0.15, 0.2) is 0 Å². The van der Waals surface area contributed by atoms with E-state index in [4.69, 9.17) is 9.05 Å². The highest BCUT2D eigenvalue weighted by atomic mass is 31.2. The molecule has 0 saturated carbocycles. The number of rotatable bonds is 4. The van der Waals surface area contributed by atoms with Gasteiger partial charge in [0, 0.05) is 0 Å². The SMILES string of the molecule is Cc1cc(P)ccc1OP(O)Oc1ccc(P)cc1C. The highest BCUT2D eigenvalue weighted by Gasteiger charge is 2.14. The molecule has 2 aromatic carbocycles. The Morgan fingerprint density at radius 3 is 1.60 bits per heavy atom. The second kappa shape index (κ2) is 6.83. The third kappa shape index (κ3) is 4.14. The zero-order valence-electron chi connectivity index (χ0n) is 11.3. The van der Waals surface area contributed by atoms with E-state index in [2.05, 4.69) is 18.5 Å². The minimum absolute atomic E-state index is 0.630. The lowest BCUT2D eigenvalue weighted by atomic mass is 10.2. The Kier molecular flexibility index (Phi) is 5.35. The molecular formula is C14H17O3P3. The molecule has 0 aliphatic heterocycles. The van der Waals surface area contributed by atoms with Gasteiger partial charge < -0.3 is 13.9 Å². The highest BCUT2D eigenvalue weighted by molar-refractivity contribution is 7.41. The fraction of sp³-hybridized carbons (Fsp3) is 0.143. The van der Waals surface area contributed by atoms with E-state index in [1.165, 1.54) is 0 Å². The zero-order chi connectivity index (χ0) is 14.7. The Labute approximate surface area is 125 Å². The van der Waals surface area contributed by atoms with Gasteiger partial charge in [0.2, 0.25) is 0 Å². The van der Waals surface area contributed by atoms with Crippen molar-refractivity contribution in [2.24, 2.45) is 0 Å². The lowest BCUT2D eigenvalue weighted by molar-refractivity contribution is 0.379. The summed E-state index contributed by atoms with van der Waals surface area (Å²) < 4.78 is 10.9. The van der Waals surface area contributed by atoms with Crippen LogP contribution in [-0.4, -0.2) is 4.89 Å². The van der Waals surface area contributed by atoms with Crippen LogP contribution in [0.4, 0.5) is 0 Å². The molecule has 0 bridgehead atoms. The van der Waals surface area contributed by atoms with Crippen molar-refractivity contribution in [3.8, 4) is 11.5 Å². The van der Waals surface area contributed by atoms with Crippen molar-refractivity contribution in [3.05, 3.63) is 47.5 Å². The van der Waals surface area contributed by atoms with Crippen LogP contribution in [0.1, 0.15) is 11.1 Å². The summed E-state index contributed by atoms with van der Waals surface area (Å²) in [6, 6.07) is 11.4. The summed E-state index contributed by atoms with van der Waals surface area (Å²) in [5.41, 5.74) is 1.92. The van der Waals surface area contributed by atoms with Gasteiger partial charge in [0.05, 0.1) is 0 Å². The molecule has 3 nitrogen and oxygen atoms in total. The second-order valence-corrected chi connectivity index (χ2v) is 6.64. The summed E-state index contributed by atoms with van der Waals surface area (Å²) >= 11 is 0. The third-order valence-electron chi connectivity index (χ3n) is 2.75. The molecular weight excluding hydrogens is 309 g/mol. The van der Waals surface area contributed by atoms with Crippen LogP contribution in [0.25, 0.3) is 0 Å². The van der Waals surface area contributed by atoms with E-state index < -0.39 is 8.60 Å². The van der Waals surface area contributed by atoms with Gasteiger partial charge in [-0.05, 0) is 59.8 Å². The molecule has 2 rings (SSSR count). The Balaban J connectivity index is 2.07. The summed E-state index contributed by atoms with van der Waals surface area (Å²) in [6.07, 6.45) is 0. The molecule has 2 unspecified atom stereocenters. The summed E-state index contributed by atoms with van der Waals surface area (Å²) in [5.74, 6) is 1.26. The average molecular weight is 326 g/mol. The van der Waals surface area contributed by atoms with Gasteiger partial charge >= 0.3 is 8.60 Å². The van der Waals surface area contributed by atoms with Crippen LogP contribution in [0, 0.1) is 13.8 Å². The highest BCUT2D eigenvalue weighted by Crippen LogP contribution is 2.38. The monoisotopic (exact) mass is 326 g/mol. The first-order valence-electron chi connectivity index (χ1n) is 6.03. The van der Waals surface area contributed by atoms with Crippen molar-refractivity contribution in [3.63, 3.8) is 0 Å². The van der Waals surface area contributed by atoms with Gasteiger partial charge in [-0.2, -0.15) is 0 Å². The summed E-state index contributed by atoms with van der Waals surface area (Å²) in [7, 11) is 3.25. The van der Waals surface area contributed by atoms with Crippen molar-refractivity contribution in [2.45, 2.75) is 13.8 Å². The van der Waals surface area contributed by atoms with Crippen LogP contribution in [0.15, 0.2) is 36.4 Å². The molecule has 0 fully saturated rings. The molecule has 0 aromatic heterocycles. The fourth-order valence-electron chi connectivity index (χ4n) is 1.74. The lowest BCUT2D eigenvalue weighted by Gasteiger charge is -2.15. The van der Waals surface area contributed by atoms with Crippen molar-refractivity contribution in [1.29, 1.82) is 0 Å². The average Bonchev–Trinajstić information content (AvgIpc) is 2.36. The molecule has 2 atom stereocenters. The Hall–Kier alpha value is -0.710. The Morgan fingerprint density at radius 1 is 0.850 bits per heavy atom. The maximum Gasteiger partial charge on any atom is 0.460 e. The predicted octanol–water partition coefficient (Wildman–Crippen LogP) is 2.98. The van der Waals surface area contributed by atoms with E-state index in [9.17, 15) is 4.89 Å². The van der Waals surface area contributed by atoms with Crippen molar-refractivity contribution >= 4 is 37.7 Å². The molecule has 20 heavy (non-hydrogen) atoms. The first-order valence-corrected chi connectivity index (χ1v) is 8.31. The smallest absolute Gasteiger partial charge is 0.418 e. The molecule has 0 spiro atoms. The topological polar surface area (TPSA) is 38.7 Å². The van der Waals surface area contributed by atoms with E-state index in [-0.39, 0.29) is 0 Å². The van der Waals surface area contributed by atoms with Gasteiger partial charge in [0.1, 0.15) is 11.5 Å². The van der Waals surface area contributed by atoms with Crippen LogP contribution in [-0.2, 0) is 0 Å². The molecule has 0 heterocycles. The molecule has 0 aliphatic carbocycles. The van der Waals surface area contributed by atoms with Crippen molar-refractivity contribution in [2.75, 3.05) is 0 Å². The molecule has 0 aliphatic rings. The van der Waals surface area contributed by atoms with Gasteiger partial charge in [-0.25, -0.2) is 0 Å². The molecule has 6 heteroatoms. The molecule has 106 valence electrons. The fourth-order valence-corrected chi connectivity index (χ4v) is 3.21. The van der Waals surface area contributed by atoms with Crippen molar-refractivity contribution < 1.29 is 13.9 Å². The molecule has 0 amide bonds. The first kappa shape index (κ1) is 15.7. The first-order chi connectivity index (χ1) is 9.45. The largest absolute Gasteiger partial charge is 0.460 e. The molecule has 0 saturated heterocycles. The van der Waals surface area contributed by atoms with Crippen LogP contribution >= 0.6 is 27.1 Å². The predicted molar refractivity (Wildman–Crippen MR) is 91.4 cm³/mol. The Morgan fingerprint density at radius 2 is 1.25 bits per heavy atom. The van der Waals surface area contributed by atoms with Gasteiger partial charge in [-0.1, -0.05) is 12.1 Å². The van der Waals surface area contributed by atoms with Gasteiger partial charge in [-0.15, -0.1) is 18.5 Å². The van der Waals surface area contributed by atoms with Gasteiger partial charge in [-0.3, -0.25) is 0 Å². The lowest BCUT2D eigenvalue weighted by Crippen LogP contribution is -2.00. The van der Waals surface area contributed by atoms with E-state index in [1.54, 1.807) is 0 Å². The third-order valence-corrected chi connectivity index (χ3v) is 4.17. The van der Waals surface area contributed by atoms with Crippen LogP contribution in [0.2, 0.25) is 0 Å². The van der Waals surface area contributed by atoms with E-state index in [0.717, 1.165) is 21.7 Å². The normalized spacial score (nSPS) is 10.7. The summed E-state index contributed by atoms with van der Waals surface area (Å²) in [6.45, 7) is 3.86. The Bertz CT molecular complexity index is 563. The quantitative estimate of drug-likeness (QED) is 0.878. The number of hydrogen-bond acceptors (Lipinski definition) is 3. The number of benzene rings is 2. The number of hydrogen-bond donors (Lipinski definition) is 1. The van der Waals surface area contributed by atoms with Gasteiger partial charge in [0.25, 0.3) is 0 Å².